The summed E-state index contributed by atoms with van der Waals surface area (Å²) in [6, 6.07) is 4.72. The summed E-state index contributed by atoms with van der Waals surface area (Å²) in [7, 11) is 1.27. The molecule has 0 fully saturated rings. The number of hydrogen-bond donors (Lipinski definition) is 1. The molecule has 2 rings (SSSR count). The number of nitrogens with one attached hydrogen (secondary N) is 1. The second-order valence-electron chi connectivity index (χ2n) is 4.31. The molecule has 0 amide bonds. The van der Waals surface area contributed by atoms with E-state index in [4.69, 9.17) is 11.6 Å². The van der Waals surface area contributed by atoms with Gasteiger partial charge in [-0.1, -0.05) is 11.6 Å². The van der Waals surface area contributed by atoms with Gasteiger partial charge in [0, 0.05) is 17.8 Å². The van der Waals surface area contributed by atoms with E-state index in [0.717, 1.165) is 0 Å². The van der Waals surface area contributed by atoms with Crippen LogP contribution in [-0.2, 0) is 14.3 Å². The van der Waals surface area contributed by atoms with Crippen LogP contribution in [0.3, 0.4) is 0 Å². The highest BCUT2D eigenvalue weighted by Gasteiger charge is 2.14. The number of methoxy groups -OCH3 is 1. The zero-order valence-electron chi connectivity index (χ0n) is 11.2. The van der Waals surface area contributed by atoms with Crippen LogP contribution < -0.4 is 5.32 Å². The lowest BCUT2D eigenvalue weighted by molar-refractivity contribution is -0.114. The first kappa shape index (κ1) is 15.0. The van der Waals surface area contributed by atoms with Crippen molar-refractivity contribution in [3.8, 4) is 0 Å². The number of benzene rings is 1. The molecule has 0 bridgehead atoms. The first-order valence-corrected chi connectivity index (χ1v) is 6.47. The lowest BCUT2D eigenvalue weighted by Crippen LogP contribution is -2.16. The van der Waals surface area contributed by atoms with Gasteiger partial charge in [-0.25, -0.2) is 4.79 Å². The highest BCUT2D eigenvalue weighted by atomic mass is 35.5. The number of allylic oxidation sites excluding steroid dienone is 3. The van der Waals surface area contributed by atoms with E-state index in [-0.39, 0.29) is 28.7 Å². The summed E-state index contributed by atoms with van der Waals surface area (Å²) in [5.74, 6) is -0.947. The number of halogens is 1. The van der Waals surface area contributed by atoms with Crippen molar-refractivity contribution in [2.24, 2.45) is 0 Å². The Morgan fingerprint density at radius 1 is 1.29 bits per heavy atom. The van der Waals surface area contributed by atoms with Crippen LogP contribution in [0.1, 0.15) is 10.4 Å². The van der Waals surface area contributed by atoms with Gasteiger partial charge in [0.15, 0.2) is 11.6 Å². The molecule has 1 aliphatic rings. The van der Waals surface area contributed by atoms with E-state index in [0.29, 0.717) is 11.3 Å². The summed E-state index contributed by atoms with van der Waals surface area (Å²) in [5, 5.41) is 3.22. The molecule has 0 heterocycles. The molecule has 0 spiro atoms. The van der Waals surface area contributed by atoms with E-state index in [2.05, 4.69) is 10.1 Å². The van der Waals surface area contributed by atoms with Crippen LogP contribution in [0.4, 0.5) is 5.69 Å². The Labute approximate surface area is 126 Å². The van der Waals surface area contributed by atoms with Crippen molar-refractivity contribution < 1.29 is 19.1 Å². The summed E-state index contributed by atoms with van der Waals surface area (Å²) in [4.78, 5) is 34.2. The maximum Gasteiger partial charge on any atom is 0.339 e. The number of hydrogen-bond acceptors (Lipinski definition) is 5. The number of carbonyl (C=O) groups is 3. The molecule has 108 valence electrons. The first-order chi connectivity index (χ1) is 10.0. The van der Waals surface area contributed by atoms with Gasteiger partial charge in [-0.2, -0.15) is 0 Å². The van der Waals surface area contributed by atoms with Crippen LogP contribution in [0.2, 0.25) is 5.02 Å². The Hall–Kier alpha value is -2.40. The van der Waals surface area contributed by atoms with E-state index in [1.54, 1.807) is 12.1 Å². The predicted octanol–water partition coefficient (Wildman–Crippen LogP) is 2.17. The molecular formula is C15H12ClNO4. The predicted molar refractivity (Wildman–Crippen MR) is 78.5 cm³/mol. The van der Waals surface area contributed by atoms with E-state index in [1.807, 2.05) is 0 Å². The minimum Gasteiger partial charge on any atom is -0.465 e. The minimum atomic E-state index is -0.521. The van der Waals surface area contributed by atoms with Gasteiger partial charge in [-0.05, 0) is 36.4 Å². The van der Waals surface area contributed by atoms with Crippen LogP contribution >= 0.6 is 11.6 Å². The summed E-state index contributed by atoms with van der Waals surface area (Å²) in [6.45, 7) is 0.197. The summed E-state index contributed by atoms with van der Waals surface area (Å²) >= 11 is 5.99. The van der Waals surface area contributed by atoms with Gasteiger partial charge in [0.05, 0.1) is 17.7 Å². The number of esters is 1. The fourth-order valence-electron chi connectivity index (χ4n) is 1.79. The average Bonchev–Trinajstić information content (AvgIpc) is 2.47. The highest BCUT2D eigenvalue weighted by molar-refractivity contribution is 6.33. The van der Waals surface area contributed by atoms with Gasteiger partial charge in [0.2, 0.25) is 0 Å². The summed E-state index contributed by atoms with van der Waals surface area (Å²) < 4.78 is 4.60. The molecule has 1 aromatic rings. The molecule has 0 saturated carbocycles. The van der Waals surface area contributed by atoms with Crippen LogP contribution in [0.25, 0.3) is 0 Å². The fraction of sp³-hybridized carbons (Fsp3) is 0.133. The largest absolute Gasteiger partial charge is 0.465 e. The SMILES string of the molecule is COC(=O)c1ccc(NCC2=CC(=O)C=CC2=O)cc1Cl. The third kappa shape index (κ3) is 3.58. The number of ether oxygens (including phenoxy) is 1. The fourth-order valence-corrected chi connectivity index (χ4v) is 2.05. The van der Waals surface area contributed by atoms with Gasteiger partial charge in [0.25, 0.3) is 0 Å². The van der Waals surface area contributed by atoms with Gasteiger partial charge in [0.1, 0.15) is 0 Å². The van der Waals surface area contributed by atoms with Crippen molar-refractivity contribution in [3.05, 3.63) is 52.6 Å². The quantitative estimate of drug-likeness (QED) is 0.682. The van der Waals surface area contributed by atoms with Crippen LogP contribution in [0.15, 0.2) is 42.0 Å². The smallest absolute Gasteiger partial charge is 0.339 e. The molecule has 6 heteroatoms. The minimum absolute atomic E-state index is 0.197. The van der Waals surface area contributed by atoms with Crippen molar-refractivity contribution in [2.75, 3.05) is 19.0 Å². The molecule has 0 aromatic heterocycles. The number of carbonyl (C=O) groups excluding carboxylic acids is 3. The topological polar surface area (TPSA) is 72.5 Å². The highest BCUT2D eigenvalue weighted by Crippen LogP contribution is 2.22. The Balaban J connectivity index is 2.08. The molecule has 1 aliphatic carbocycles. The number of ketones is 2. The lowest BCUT2D eigenvalue weighted by Gasteiger charge is -2.11. The van der Waals surface area contributed by atoms with Crippen molar-refractivity contribution in [1.29, 1.82) is 0 Å². The molecular weight excluding hydrogens is 294 g/mol. The third-order valence-electron chi connectivity index (χ3n) is 2.89. The van der Waals surface area contributed by atoms with Crippen molar-refractivity contribution in [2.45, 2.75) is 0 Å². The zero-order chi connectivity index (χ0) is 15.4. The first-order valence-electron chi connectivity index (χ1n) is 6.10. The molecule has 5 nitrogen and oxygen atoms in total. The maximum atomic E-state index is 11.6. The zero-order valence-corrected chi connectivity index (χ0v) is 11.9. The van der Waals surface area contributed by atoms with Crippen molar-refractivity contribution in [3.63, 3.8) is 0 Å². The number of anilines is 1. The van der Waals surface area contributed by atoms with Gasteiger partial charge >= 0.3 is 5.97 Å². The Morgan fingerprint density at radius 2 is 2.05 bits per heavy atom. The van der Waals surface area contributed by atoms with E-state index >= 15 is 0 Å². The van der Waals surface area contributed by atoms with Crippen LogP contribution in [0, 0.1) is 0 Å². The van der Waals surface area contributed by atoms with E-state index < -0.39 is 5.97 Å². The normalized spacial score (nSPS) is 13.9. The van der Waals surface area contributed by atoms with E-state index in [9.17, 15) is 14.4 Å². The summed E-state index contributed by atoms with van der Waals surface area (Å²) in [5.41, 5.74) is 1.26. The molecule has 0 saturated heterocycles. The second-order valence-corrected chi connectivity index (χ2v) is 4.72. The molecule has 0 aliphatic heterocycles. The van der Waals surface area contributed by atoms with Crippen molar-refractivity contribution >= 4 is 34.8 Å². The molecule has 21 heavy (non-hydrogen) atoms. The van der Waals surface area contributed by atoms with Gasteiger partial charge in [-0.15, -0.1) is 0 Å². The Kier molecular flexibility index (Phi) is 4.55. The van der Waals surface area contributed by atoms with Gasteiger partial charge in [-0.3, -0.25) is 9.59 Å². The Bertz CT molecular complexity index is 676. The second kappa shape index (κ2) is 6.37. The van der Waals surface area contributed by atoms with Crippen LogP contribution in [-0.4, -0.2) is 31.2 Å². The lowest BCUT2D eigenvalue weighted by atomic mass is 10.0. The molecule has 0 atom stereocenters. The third-order valence-corrected chi connectivity index (χ3v) is 3.20. The van der Waals surface area contributed by atoms with Crippen molar-refractivity contribution in [1.82, 2.24) is 0 Å². The average molecular weight is 306 g/mol. The van der Waals surface area contributed by atoms with Crippen LogP contribution in [0.5, 0.6) is 0 Å². The number of rotatable bonds is 4. The van der Waals surface area contributed by atoms with Gasteiger partial charge < -0.3 is 10.1 Å². The Morgan fingerprint density at radius 3 is 2.71 bits per heavy atom. The van der Waals surface area contributed by atoms with E-state index in [1.165, 1.54) is 31.4 Å². The summed E-state index contributed by atoms with van der Waals surface area (Å²) in [6.07, 6.45) is 3.76. The monoisotopic (exact) mass is 305 g/mol. The standard InChI is InChI=1S/C15H12ClNO4/c1-21-15(20)12-4-2-10(7-13(12)16)17-8-9-6-11(18)3-5-14(9)19/h2-7,17H,8H2,1H3. The molecule has 0 radical (unpaired) electrons. The molecule has 1 N–H and O–H groups in total. The molecule has 1 aromatic carbocycles. The molecule has 0 unspecified atom stereocenters. The maximum absolute atomic E-state index is 11.6.